The molecule has 0 spiro atoms. The summed E-state index contributed by atoms with van der Waals surface area (Å²) < 4.78 is 43.7. The lowest BCUT2D eigenvalue weighted by Crippen LogP contribution is -2.09. The zero-order valence-electron chi connectivity index (χ0n) is 12.9. The van der Waals surface area contributed by atoms with Crippen LogP contribution in [0.15, 0.2) is 30.4 Å². The van der Waals surface area contributed by atoms with Crippen molar-refractivity contribution in [3.63, 3.8) is 0 Å². The summed E-state index contributed by atoms with van der Waals surface area (Å²) in [7, 11) is 0. The maximum Gasteiger partial charge on any atom is 0.416 e. The van der Waals surface area contributed by atoms with Gasteiger partial charge in [-0.25, -0.2) is 0 Å². The molecule has 5 heteroatoms. The Hall–Kier alpha value is -1.78. The molecule has 0 atom stereocenters. The van der Waals surface area contributed by atoms with E-state index in [0.29, 0.717) is 12.2 Å². The van der Waals surface area contributed by atoms with Crippen molar-refractivity contribution in [3.05, 3.63) is 41.5 Å². The smallest absolute Gasteiger partial charge is 0.416 e. The molecule has 1 rings (SSSR count). The fourth-order valence-corrected chi connectivity index (χ4v) is 2.17. The zero-order chi connectivity index (χ0) is 16.8. The van der Waals surface area contributed by atoms with E-state index >= 15 is 0 Å². The number of carbonyl (C=O) groups excluding carboxylic acids is 1. The Kier molecular flexibility index (Phi) is 6.65. The van der Waals surface area contributed by atoms with E-state index in [4.69, 9.17) is 4.74 Å². The average Bonchev–Trinajstić information content (AvgIpc) is 2.49. The summed E-state index contributed by atoms with van der Waals surface area (Å²) >= 11 is 0. The molecule has 0 saturated carbocycles. The second-order valence-electron chi connectivity index (χ2n) is 5.33. The highest BCUT2D eigenvalue weighted by Gasteiger charge is 2.31. The van der Waals surface area contributed by atoms with E-state index in [1.807, 2.05) is 0 Å². The van der Waals surface area contributed by atoms with E-state index in [2.05, 4.69) is 20.4 Å². The van der Waals surface area contributed by atoms with Gasteiger partial charge in [-0.2, -0.15) is 13.2 Å². The minimum absolute atomic E-state index is 0.0302. The Labute approximate surface area is 129 Å². The van der Waals surface area contributed by atoms with Crippen LogP contribution in [0, 0.1) is 5.92 Å². The molecule has 0 fully saturated rings. The highest BCUT2D eigenvalue weighted by atomic mass is 19.4. The number of benzene rings is 1. The Morgan fingerprint density at radius 1 is 1.27 bits per heavy atom. The third-order valence-electron chi connectivity index (χ3n) is 3.57. The maximum atomic E-state index is 12.8. The lowest BCUT2D eigenvalue weighted by molar-refractivity contribution is -0.137. The summed E-state index contributed by atoms with van der Waals surface area (Å²) in [6.45, 7) is 8.23. The van der Waals surface area contributed by atoms with Crippen molar-refractivity contribution in [3.8, 4) is 5.75 Å². The first-order valence-corrected chi connectivity index (χ1v) is 7.27. The quantitative estimate of drug-likeness (QED) is 0.482. The van der Waals surface area contributed by atoms with Gasteiger partial charge >= 0.3 is 6.18 Å². The SMILES string of the molecule is C=C(COc1cc(C=O)cc(C(F)(F)F)c1)CC(CC)CC. The summed E-state index contributed by atoms with van der Waals surface area (Å²) in [6.07, 6.45) is -1.31. The summed E-state index contributed by atoms with van der Waals surface area (Å²) in [5.41, 5.74) is -0.119. The lowest BCUT2D eigenvalue weighted by Gasteiger charge is -2.16. The molecular weight excluding hydrogens is 293 g/mol. The standard InChI is InChI=1S/C17H21F3O2/c1-4-13(5-2)6-12(3)11-22-16-8-14(10-21)7-15(9-16)17(18,19)20/h7-10,13H,3-6,11H2,1-2H3. The molecule has 0 aliphatic rings. The monoisotopic (exact) mass is 314 g/mol. The molecular formula is C17H21F3O2. The third-order valence-corrected chi connectivity index (χ3v) is 3.57. The zero-order valence-corrected chi connectivity index (χ0v) is 12.9. The summed E-state index contributed by atoms with van der Waals surface area (Å²) in [5, 5.41) is 0. The van der Waals surface area contributed by atoms with Gasteiger partial charge in [0.2, 0.25) is 0 Å². The van der Waals surface area contributed by atoms with Crippen LogP contribution in [0.25, 0.3) is 0 Å². The molecule has 0 bridgehead atoms. The van der Waals surface area contributed by atoms with Gasteiger partial charge in [-0.15, -0.1) is 0 Å². The van der Waals surface area contributed by atoms with Gasteiger partial charge in [0.1, 0.15) is 18.6 Å². The van der Waals surface area contributed by atoms with Crippen LogP contribution < -0.4 is 4.74 Å². The van der Waals surface area contributed by atoms with E-state index in [9.17, 15) is 18.0 Å². The third kappa shape index (κ3) is 5.54. The topological polar surface area (TPSA) is 26.3 Å². The van der Waals surface area contributed by atoms with Gasteiger partial charge in [0.15, 0.2) is 0 Å². The molecule has 0 aliphatic carbocycles. The number of halogens is 3. The van der Waals surface area contributed by atoms with Crippen molar-refractivity contribution in [2.24, 2.45) is 5.92 Å². The molecule has 0 amide bonds. The first-order valence-electron chi connectivity index (χ1n) is 7.27. The number of hydrogen-bond acceptors (Lipinski definition) is 2. The maximum absolute atomic E-state index is 12.8. The Balaban J connectivity index is 2.77. The van der Waals surface area contributed by atoms with Gasteiger partial charge in [-0.05, 0) is 36.1 Å². The highest BCUT2D eigenvalue weighted by molar-refractivity contribution is 5.76. The van der Waals surface area contributed by atoms with Crippen molar-refractivity contribution < 1.29 is 22.7 Å². The number of hydrogen-bond donors (Lipinski definition) is 0. The van der Waals surface area contributed by atoms with Crippen molar-refractivity contribution >= 4 is 6.29 Å². The van der Waals surface area contributed by atoms with Crippen molar-refractivity contribution in [1.82, 2.24) is 0 Å². The van der Waals surface area contributed by atoms with Gasteiger partial charge < -0.3 is 4.74 Å². The summed E-state index contributed by atoms with van der Waals surface area (Å²) in [5.74, 6) is 0.533. The first kappa shape index (κ1) is 18.3. The second-order valence-corrected chi connectivity index (χ2v) is 5.33. The molecule has 0 N–H and O–H groups in total. The van der Waals surface area contributed by atoms with E-state index < -0.39 is 11.7 Å². The molecule has 1 aromatic carbocycles. The van der Waals surface area contributed by atoms with Crippen LogP contribution in [-0.4, -0.2) is 12.9 Å². The van der Waals surface area contributed by atoms with E-state index in [-0.39, 0.29) is 17.9 Å². The van der Waals surface area contributed by atoms with Crippen LogP contribution in [0.1, 0.15) is 49.0 Å². The van der Waals surface area contributed by atoms with E-state index in [1.54, 1.807) is 0 Å². The molecule has 0 aromatic heterocycles. The number of aldehydes is 1. The Morgan fingerprint density at radius 3 is 2.41 bits per heavy atom. The van der Waals surface area contributed by atoms with Crippen LogP contribution in [0.3, 0.4) is 0 Å². The number of carbonyl (C=O) groups is 1. The van der Waals surface area contributed by atoms with Crippen LogP contribution in [0.2, 0.25) is 0 Å². The summed E-state index contributed by atoms with van der Waals surface area (Å²) in [4.78, 5) is 10.8. The van der Waals surface area contributed by atoms with Gasteiger partial charge in [0.25, 0.3) is 0 Å². The van der Waals surface area contributed by atoms with Gasteiger partial charge in [-0.3, -0.25) is 4.79 Å². The normalized spacial score (nSPS) is 11.5. The Morgan fingerprint density at radius 2 is 1.91 bits per heavy atom. The molecule has 0 saturated heterocycles. The fraction of sp³-hybridized carbons (Fsp3) is 0.471. The molecule has 0 heterocycles. The first-order chi connectivity index (χ1) is 10.3. The van der Waals surface area contributed by atoms with Crippen molar-refractivity contribution in [2.45, 2.75) is 39.3 Å². The number of ether oxygens (including phenoxy) is 1. The fourth-order valence-electron chi connectivity index (χ4n) is 2.17. The largest absolute Gasteiger partial charge is 0.489 e. The molecule has 1 aromatic rings. The molecule has 122 valence electrons. The average molecular weight is 314 g/mol. The van der Waals surface area contributed by atoms with Crippen molar-refractivity contribution in [2.75, 3.05) is 6.61 Å². The predicted octanol–water partition coefficient (Wildman–Crippen LogP) is 5.28. The predicted molar refractivity (Wildman–Crippen MR) is 80.2 cm³/mol. The van der Waals surface area contributed by atoms with Crippen molar-refractivity contribution in [1.29, 1.82) is 0 Å². The number of alkyl halides is 3. The van der Waals surface area contributed by atoms with Crippen LogP contribution in [-0.2, 0) is 6.18 Å². The minimum atomic E-state index is -4.51. The molecule has 22 heavy (non-hydrogen) atoms. The molecule has 0 radical (unpaired) electrons. The molecule has 0 unspecified atom stereocenters. The minimum Gasteiger partial charge on any atom is -0.489 e. The van der Waals surface area contributed by atoms with E-state index in [1.165, 1.54) is 6.07 Å². The van der Waals surface area contributed by atoms with Crippen LogP contribution in [0.4, 0.5) is 13.2 Å². The second kappa shape index (κ2) is 8.01. The highest BCUT2D eigenvalue weighted by Crippen LogP contribution is 2.32. The molecule has 2 nitrogen and oxygen atoms in total. The summed E-state index contributed by atoms with van der Waals surface area (Å²) in [6, 6.07) is 3.00. The lowest BCUT2D eigenvalue weighted by atomic mass is 9.95. The van der Waals surface area contributed by atoms with E-state index in [0.717, 1.165) is 37.0 Å². The number of rotatable bonds is 8. The van der Waals surface area contributed by atoms with Gasteiger partial charge in [0.05, 0.1) is 5.56 Å². The van der Waals surface area contributed by atoms with Crippen LogP contribution in [0.5, 0.6) is 5.75 Å². The Bertz CT molecular complexity index is 517. The van der Waals surface area contributed by atoms with Gasteiger partial charge in [0, 0.05) is 5.56 Å². The van der Waals surface area contributed by atoms with Gasteiger partial charge in [-0.1, -0.05) is 33.3 Å². The van der Waals surface area contributed by atoms with Crippen LogP contribution >= 0.6 is 0 Å². The molecule has 0 aliphatic heterocycles.